The Bertz CT molecular complexity index is 3390. The highest BCUT2D eigenvalue weighted by Gasteiger charge is 2.34. The van der Waals surface area contributed by atoms with Gasteiger partial charge in [-0.25, -0.2) is 14.2 Å². The van der Waals surface area contributed by atoms with Crippen LogP contribution < -0.4 is 43.5 Å². The minimum atomic E-state index is -1.23. The maximum Gasteiger partial charge on any atom is 0.336 e. The largest absolute Gasteiger partial charge is 0.508 e. The molecule has 11 N–H and O–H groups in total. The third-order valence-corrected chi connectivity index (χ3v) is 13.8. The van der Waals surface area contributed by atoms with Crippen LogP contribution in [0, 0.1) is 5.92 Å². The number of aryl methyl sites for hydroxylation is 2. The molecule has 0 radical (unpaired) electrons. The zero-order valence-electron chi connectivity index (χ0n) is 43.3. The molecule has 408 valence electrons. The predicted molar refractivity (Wildman–Crippen MR) is 290 cm³/mol. The number of anilines is 4. The highest BCUT2D eigenvalue weighted by molar-refractivity contribution is 6.08. The van der Waals surface area contributed by atoms with Gasteiger partial charge in [0.15, 0.2) is 17.3 Å². The van der Waals surface area contributed by atoms with Gasteiger partial charge >= 0.3 is 5.97 Å². The molecule has 27 heteroatoms. The van der Waals surface area contributed by atoms with Gasteiger partial charge in [-0.2, -0.15) is 15.0 Å². The van der Waals surface area contributed by atoms with Crippen molar-refractivity contribution >= 4 is 64.2 Å². The summed E-state index contributed by atoms with van der Waals surface area (Å²) in [6.07, 6.45) is 6.81. The molecule has 78 heavy (non-hydrogen) atoms. The lowest BCUT2D eigenvalue weighted by atomic mass is 9.90. The number of amides is 2. The topological polar surface area (TPSA) is 376 Å². The second-order valence-corrected chi connectivity index (χ2v) is 19.2. The molecular weight excluding hydrogens is 1000 g/mol. The molecule has 1 aliphatic carbocycles. The van der Waals surface area contributed by atoms with Crippen LogP contribution >= 0.6 is 0 Å². The number of phenols is 1. The number of benzene rings is 3. The van der Waals surface area contributed by atoms with Crippen LogP contribution in [0.3, 0.4) is 0 Å². The Morgan fingerprint density at radius 3 is 2.03 bits per heavy atom. The van der Waals surface area contributed by atoms with Crippen molar-refractivity contribution in [3.8, 4) is 28.2 Å². The standard InChI is InChI=1S/C51H62N20O7/c1-3-30(2)44(71-28-33(63-65-71)7-5-15-57-48(54)55)45(75)67-18-22-69(23-19-67)51-60-49(59-50(61-51)68-20-16-66(17-21-68)42(74)29-70-27-32(62-64-70)6-4-14-56-47(52)53)58-31-8-11-36(39(24-31)46(76)77)43-37-12-9-34(72)25-40(37)78-41-26-35(73)10-13-38(41)43/h8-13,24-28,30,44,72H,3-7,14-23,29H2,1-2H3,(H,76,77)(H4,52,53,56)(H4,54,55,57)(H,58,59,60,61)/t30-,44-/m0/s1. The zero-order chi connectivity index (χ0) is 55.0. The molecule has 0 unspecified atom stereocenters. The molecule has 0 saturated carbocycles. The number of aromatic nitrogens is 9. The number of nitrogens with two attached hydrogens (primary N) is 4. The number of aliphatic imine (C=N–C) groups is 2. The smallest absolute Gasteiger partial charge is 0.336 e. The van der Waals surface area contributed by atoms with Crippen LogP contribution in [0.2, 0.25) is 0 Å². The SMILES string of the molecule is CC[C@H](C)[C@@H](C(=O)N1CCN(c2nc(Nc3ccc(-c4c5ccc(=O)cc-5oc5cc(O)ccc45)c(C(=O)O)c3)nc(N3CCN(C(=O)Cn4cc(CCCN=C(N)N)nn4)CC3)n2)CC1)n1cc(CCCN=C(N)N)nn1. The summed E-state index contributed by atoms with van der Waals surface area (Å²) in [6.45, 7) is 7.94. The monoisotopic (exact) mass is 1070 g/mol. The van der Waals surface area contributed by atoms with E-state index in [1.807, 2.05) is 34.7 Å². The third-order valence-electron chi connectivity index (χ3n) is 13.8. The maximum absolute atomic E-state index is 14.4. The molecule has 2 atom stereocenters. The molecule has 9 rings (SSSR count). The number of aromatic carboxylic acids is 1. The molecule has 0 spiro atoms. The van der Waals surface area contributed by atoms with Crippen LogP contribution in [-0.2, 0) is 29.0 Å². The molecule has 4 aliphatic rings. The molecule has 2 amide bonds. The fourth-order valence-electron chi connectivity index (χ4n) is 9.57. The second-order valence-electron chi connectivity index (χ2n) is 19.2. The summed E-state index contributed by atoms with van der Waals surface area (Å²) < 4.78 is 9.19. The van der Waals surface area contributed by atoms with E-state index in [0.717, 1.165) is 17.8 Å². The molecular formula is C51H62N20O7. The van der Waals surface area contributed by atoms with Gasteiger partial charge in [-0.05, 0) is 73.6 Å². The average Bonchev–Trinajstić information content (AvgIpc) is 4.23. The molecule has 3 aromatic heterocycles. The third kappa shape index (κ3) is 12.5. The Balaban J connectivity index is 0.960. The highest BCUT2D eigenvalue weighted by atomic mass is 16.4. The van der Waals surface area contributed by atoms with Crippen molar-refractivity contribution in [3.05, 3.63) is 94.2 Å². The Kier molecular flexibility index (Phi) is 16.2. The number of fused-ring (bicyclic) bond motifs is 2. The van der Waals surface area contributed by atoms with E-state index in [0.29, 0.717) is 131 Å². The van der Waals surface area contributed by atoms with Gasteiger partial charge in [0, 0.05) is 112 Å². The van der Waals surface area contributed by atoms with Crippen molar-refractivity contribution in [3.63, 3.8) is 0 Å². The Morgan fingerprint density at radius 1 is 0.756 bits per heavy atom. The molecule has 2 aromatic carbocycles. The molecule has 0 bridgehead atoms. The van der Waals surface area contributed by atoms with E-state index < -0.39 is 12.0 Å². The van der Waals surface area contributed by atoms with Crippen LogP contribution in [0.1, 0.15) is 60.9 Å². The number of hydrogen-bond donors (Lipinski definition) is 7. The van der Waals surface area contributed by atoms with E-state index >= 15 is 0 Å². The number of nitrogens with zero attached hydrogens (tertiary/aromatic N) is 15. The van der Waals surface area contributed by atoms with E-state index in [9.17, 15) is 29.4 Å². The number of rotatable bonds is 20. The first-order valence-electron chi connectivity index (χ1n) is 25.7. The van der Waals surface area contributed by atoms with Crippen LogP contribution in [0.25, 0.3) is 33.4 Å². The van der Waals surface area contributed by atoms with Crippen LogP contribution in [-0.4, -0.2) is 160 Å². The zero-order valence-corrected chi connectivity index (χ0v) is 43.3. The first-order valence-corrected chi connectivity index (χ1v) is 25.7. The number of guanidine groups is 2. The first-order chi connectivity index (χ1) is 37.6. The van der Waals surface area contributed by atoms with Gasteiger partial charge in [0.05, 0.1) is 17.0 Å². The van der Waals surface area contributed by atoms with Crippen LogP contribution in [0.4, 0.5) is 23.5 Å². The molecule has 6 heterocycles. The molecule has 2 fully saturated rings. The van der Waals surface area contributed by atoms with Gasteiger partial charge in [0.2, 0.25) is 29.7 Å². The second kappa shape index (κ2) is 23.6. The van der Waals surface area contributed by atoms with Gasteiger partial charge < -0.3 is 62.5 Å². The van der Waals surface area contributed by atoms with Gasteiger partial charge in [0.25, 0.3) is 0 Å². The normalized spacial score (nSPS) is 14.6. The molecule has 5 aromatic rings. The van der Waals surface area contributed by atoms with Gasteiger partial charge in [-0.1, -0.05) is 36.8 Å². The number of carboxylic acids is 1. The molecule has 3 aliphatic heterocycles. The summed E-state index contributed by atoms with van der Waals surface area (Å²) in [7, 11) is 0. The summed E-state index contributed by atoms with van der Waals surface area (Å²) in [4.78, 5) is 83.8. The Labute approximate surface area is 447 Å². The minimum Gasteiger partial charge on any atom is -0.508 e. The van der Waals surface area contributed by atoms with E-state index in [1.165, 1.54) is 35.0 Å². The van der Waals surface area contributed by atoms with Crippen molar-refractivity contribution in [2.24, 2.45) is 38.8 Å². The summed E-state index contributed by atoms with van der Waals surface area (Å²) >= 11 is 0. The van der Waals surface area contributed by atoms with E-state index in [4.69, 9.17) is 42.3 Å². The fraction of sp³-hybridized carbons (Fsp3) is 0.392. The van der Waals surface area contributed by atoms with Gasteiger partial charge in [-0.3, -0.25) is 24.4 Å². The summed E-state index contributed by atoms with van der Waals surface area (Å²) in [5.41, 5.74) is 24.8. The number of nitrogens with one attached hydrogen (secondary N) is 1. The fourth-order valence-corrected chi connectivity index (χ4v) is 9.57. The van der Waals surface area contributed by atoms with Gasteiger partial charge in [-0.15, -0.1) is 10.2 Å². The number of carboxylic acid groups (broad SMARTS) is 1. The number of carbonyl (C=O) groups is 3. The lowest BCUT2D eigenvalue weighted by molar-refractivity contribution is -0.137. The van der Waals surface area contributed by atoms with Crippen molar-refractivity contribution in [2.75, 3.05) is 80.6 Å². The van der Waals surface area contributed by atoms with Crippen molar-refractivity contribution in [1.29, 1.82) is 0 Å². The number of aromatic hydroxyl groups is 1. The highest BCUT2D eigenvalue weighted by Crippen LogP contribution is 2.42. The summed E-state index contributed by atoms with van der Waals surface area (Å²) in [6, 6.07) is 13.1. The lowest BCUT2D eigenvalue weighted by Gasteiger charge is -2.38. The quantitative estimate of drug-likeness (QED) is 0.0247. The molecule has 27 nitrogen and oxygen atoms in total. The van der Waals surface area contributed by atoms with Crippen molar-refractivity contribution < 1.29 is 29.0 Å². The maximum atomic E-state index is 14.4. The van der Waals surface area contributed by atoms with Crippen LogP contribution in [0.5, 0.6) is 5.75 Å². The van der Waals surface area contributed by atoms with Crippen molar-refractivity contribution in [1.82, 2.24) is 54.7 Å². The Hall–Kier alpha value is -9.43. The summed E-state index contributed by atoms with van der Waals surface area (Å²) in [5, 5.41) is 41.9. The number of hydrogen-bond acceptors (Lipinski definition) is 18. The average molecular weight is 1070 g/mol. The van der Waals surface area contributed by atoms with E-state index in [1.54, 1.807) is 40.0 Å². The van der Waals surface area contributed by atoms with E-state index in [2.05, 4.69) is 35.9 Å². The summed E-state index contributed by atoms with van der Waals surface area (Å²) in [5.74, 6) is -0.492. The minimum absolute atomic E-state index is 0.00692. The number of carbonyl (C=O) groups excluding carboxylic acids is 2. The first kappa shape index (κ1) is 53.4. The van der Waals surface area contributed by atoms with Gasteiger partial charge in [0.1, 0.15) is 29.7 Å². The Morgan fingerprint density at radius 2 is 1.38 bits per heavy atom. The number of phenolic OH excluding ortho intramolecular Hbond substituents is 1. The van der Waals surface area contributed by atoms with Crippen molar-refractivity contribution in [2.45, 2.75) is 58.5 Å². The van der Waals surface area contributed by atoms with E-state index in [-0.39, 0.29) is 70.2 Å². The predicted octanol–water partition coefficient (Wildman–Crippen LogP) is 1.78. The van der Waals surface area contributed by atoms with Crippen LogP contribution in [0.15, 0.2) is 86.2 Å². The molecule has 2 saturated heterocycles. The number of piperazine rings is 2. The lowest BCUT2D eigenvalue weighted by Crippen LogP contribution is -2.52.